The Hall–Kier alpha value is -7.62. The average Bonchev–Trinajstić information content (AvgIpc) is 3.88. The molecule has 2 aliphatic heterocycles. The summed E-state index contributed by atoms with van der Waals surface area (Å²) in [5.41, 5.74) is 28.3. The molecule has 0 radical (unpaired) electrons. The van der Waals surface area contributed by atoms with Crippen LogP contribution in [-0.4, -0.2) is 156 Å². The summed E-state index contributed by atoms with van der Waals surface area (Å²) >= 11 is 0. The van der Waals surface area contributed by atoms with Gasteiger partial charge >= 0.3 is 0 Å². The van der Waals surface area contributed by atoms with Crippen LogP contribution in [-0.2, 0) is 65.6 Å². The lowest BCUT2D eigenvalue weighted by molar-refractivity contribution is -0.142. The quantitative estimate of drug-likeness (QED) is 0.0248. The van der Waals surface area contributed by atoms with Crippen molar-refractivity contribution in [1.82, 2.24) is 42.1 Å². The lowest BCUT2D eigenvalue weighted by Crippen LogP contribution is -2.61. The first kappa shape index (κ1) is 60.9. The van der Waals surface area contributed by atoms with E-state index in [-0.39, 0.29) is 62.7 Å². The summed E-state index contributed by atoms with van der Waals surface area (Å²) < 4.78 is 5.27. The zero-order valence-electron chi connectivity index (χ0n) is 42.0. The first-order valence-corrected chi connectivity index (χ1v) is 26.9. The number of unbranched alkanes of at least 4 members (excludes halogenated alkanes) is 1. The Morgan fingerprint density at radius 3 is 1.99 bits per heavy atom. The first-order valence-electron chi connectivity index (χ1n) is 24.5. The highest BCUT2D eigenvalue weighted by Crippen LogP contribution is 2.26. The first-order chi connectivity index (χ1) is 36.2. The van der Waals surface area contributed by atoms with Crippen LogP contribution in [0.1, 0.15) is 68.9 Å². The number of benzene rings is 2. The number of hydrogen-bond donors (Lipinski definition) is 12. The number of guanidine groups is 1. The molecule has 76 heavy (non-hydrogen) atoms. The van der Waals surface area contributed by atoms with Crippen molar-refractivity contribution in [2.75, 3.05) is 38.2 Å². The van der Waals surface area contributed by atoms with Crippen LogP contribution >= 0.6 is 21.6 Å². The second-order valence-corrected chi connectivity index (χ2v) is 20.5. The van der Waals surface area contributed by atoms with Crippen molar-refractivity contribution in [3.05, 3.63) is 65.7 Å². The van der Waals surface area contributed by atoms with E-state index in [9.17, 15) is 52.7 Å². The zero-order valence-corrected chi connectivity index (χ0v) is 43.7. The maximum absolute atomic E-state index is 14.6. The minimum Gasteiger partial charge on any atom is -0.497 e. The molecule has 0 aromatic heterocycles. The number of rotatable bonds is 21. The fraction of sp³-hybridized carbons (Fsp3) is 0.500. The molecule has 2 saturated heterocycles. The maximum atomic E-state index is 14.6. The Balaban J connectivity index is 1.68. The number of likely N-dealkylation sites (tertiary alicyclic amines) is 1. The zero-order chi connectivity index (χ0) is 55.7. The molecule has 7 atom stereocenters. The summed E-state index contributed by atoms with van der Waals surface area (Å²) in [5.74, 6) is -8.83. The van der Waals surface area contributed by atoms with Gasteiger partial charge in [-0.2, -0.15) is 0 Å². The molecule has 4 rings (SSSR count). The van der Waals surface area contributed by atoms with Gasteiger partial charge in [-0.15, -0.1) is 0 Å². The molecule has 0 saturated carbocycles. The fourth-order valence-corrected chi connectivity index (χ4v) is 10.2. The summed E-state index contributed by atoms with van der Waals surface area (Å²) in [6.07, 6.45) is -0.524. The van der Waals surface area contributed by atoms with Crippen molar-refractivity contribution in [3.63, 3.8) is 0 Å². The Morgan fingerprint density at radius 2 is 1.36 bits per heavy atom. The number of carbonyl (C=O) groups is 11. The number of carbonyl (C=O) groups excluding carboxylic acids is 11. The molecule has 3 unspecified atom stereocenters. The second-order valence-electron chi connectivity index (χ2n) is 17.9. The summed E-state index contributed by atoms with van der Waals surface area (Å²) in [6.45, 7) is -0.228. The van der Waals surface area contributed by atoms with Gasteiger partial charge in [-0.1, -0.05) is 64.1 Å². The molecule has 2 aromatic rings. The number of methoxy groups -OCH3 is 1. The normalized spacial score (nSPS) is 21.4. The van der Waals surface area contributed by atoms with E-state index in [2.05, 4.69) is 42.2 Å². The molecule has 0 spiro atoms. The molecule has 2 heterocycles. The molecule has 414 valence electrons. The number of ether oxygens (including phenoxy) is 1. The number of amides is 11. The third-order valence-corrected chi connectivity index (χ3v) is 14.4. The van der Waals surface area contributed by atoms with Crippen LogP contribution in [0.5, 0.6) is 5.75 Å². The largest absolute Gasteiger partial charge is 0.497 e. The lowest BCUT2D eigenvalue weighted by Gasteiger charge is -2.31. The smallest absolute Gasteiger partial charge is 0.246 e. The van der Waals surface area contributed by atoms with E-state index in [0.29, 0.717) is 36.1 Å². The number of primary amides is 3. The van der Waals surface area contributed by atoms with Gasteiger partial charge in [-0.25, -0.2) is 0 Å². The van der Waals surface area contributed by atoms with Crippen LogP contribution in [0.15, 0.2) is 59.6 Å². The van der Waals surface area contributed by atoms with Gasteiger partial charge in [0.05, 0.1) is 20.1 Å². The van der Waals surface area contributed by atoms with Gasteiger partial charge in [0.2, 0.25) is 65.0 Å². The Bertz CT molecular complexity index is 2410. The van der Waals surface area contributed by atoms with Crippen LogP contribution < -0.4 is 70.6 Å². The number of hydrogen-bond acceptors (Lipinski definition) is 15. The minimum atomic E-state index is -1.76. The molecule has 2 aromatic carbocycles. The van der Waals surface area contributed by atoms with Crippen molar-refractivity contribution >= 4 is 92.5 Å². The maximum Gasteiger partial charge on any atom is 0.246 e. The standard InChI is InChI=1S/C48H68N14O12S2/c1-74-29-14-12-28(13-15-29)23-32-43(69)59-33(22-27-8-3-2-4-9-27)44(70)57-31(16-17-37(49)63)42(68)60-34(24-38(50)64)45(71)61-35(26-76-75-21-18-40(66)56-32)47(73)62-20-7-11-36(62)46(72)58-30(41(67)55-25-39(51)65)10-5-6-19-54-48(52)53/h2-4,8-9,12-15,30-36H,5-7,10-11,16-26H2,1H3,(H2,49,63)(H2,50,64)(H2,51,65)(H,55,67)(H,56,66)(H,57,70)(H,58,72)(H,59,69)(H,60,68)(H,61,71)(H4,52,53,54)/t30-,31+,32?,33?,34+,35?,36+/m1/s1. The predicted molar refractivity (Wildman–Crippen MR) is 282 cm³/mol. The summed E-state index contributed by atoms with van der Waals surface area (Å²) in [7, 11) is 3.72. The molecule has 28 heteroatoms. The van der Waals surface area contributed by atoms with Gasteiger partial charge < -0.3 is 75.5 Å². The fourth-order valence-electron chi connectivity index (χ4n) is 8.08. The summed E-state index contributed by atoms with van der Waals surface area (Å²) in [5, 5.41) is 18.1. The van der Waals surface area contributed by atoms with Crippen LogP contribution in [0.3, 0.4) is 0 Å². The van der Waals surface area contributed by atoms with Crippen LogP contribution in [0.4, 0.5) is 0 Å². The third-order valence-electron chi connectivity index (χ3n) is 12.0. The molecule has 26 nitrogen and oxygen atoms in total. The van der Waals surface area contributed by atoms with Crippen molar-refractivity contribution < 1.29 is 57.5 Å². The van der Waals surface area contributed by atoms with Gasteiger partial charge in [0.15, 0.2) is 5.96 Å². The SMILES string of the molecule is COc1ccc(CC2NC(=O)CCSSCC(C(=O)N3CCC[C@H]3C(=O)N[C@H](CCCCN=C(N)N)C(=O)NCC(N)=O)NC(=O)[C@H](CC(N)=O)NC(=O)[C@H](CCC(N)=O)NC(=O)C(Cc3ccccc3)NC2=O)cc1. The van der Waals surface area contributed by atoms with Crippen molar-refractivity contribution in [2.45, 2.75) is 113 Å². The second kappa shape index (κ2) is 31.3. The predicted octanol–water partition coefficient (Wildman–Crippen LogP) is -3.65. The highest BCUT2D eigenvalue weighted by atomic mass is 33.1. The van der Waals surface area contributed by atoms with Crippen molar-refractivity contribution in [3.8, 4) is 5.75 Å². The van der Waals surface area contributed by atoms with E-state index >= 15 is 0 Å². The van der Waals surface area contributed by atoms with Gasteiger partial charge in [0, 0.05) is 50.3 Å². The van der Waals surface area contributed by atoms with E-state index in [4.69, 9.17) is 33.4 Å². The van der Waals surface area contributed by atoms with Crippen LogP contribution in [0, 0.1) is 0 Å². The number of nitrogens with zero attached hydrogens (tertiary/aromatic N) is 2. The molecular formula is C48H68N14O12S2. The van der Waals surface area contributed by atoms with E-state index in [1.54, 1.807) is 54.6 Å². The number of nitrogens with one attached hydrogen (secondary N) is 7. The van der Waals surface area contributed by atoms with Crippen molar-refractivity contribution in [1.29, 1.82) is 0 Å². The molecule has 11 amide bonds. The molecular weight excluding hydrogens is 1030 g/mol. The van der Waals surface area contributed by atoms with Crippen molar-refractivity contribution in [2.24, 2.45) is 33.7 Å². The summed E-state index contributed by atoms with van der Waals surface area (Å²) in [4.78, 5) is 154. The van der Waals surface area contributed by atoms with E-state index in [0.717, 1.165) is 21.6 Å². The highest BCUT2D eigenvalue weighted by Gasteiger charge is 2.40. The molecule has 0 aliphatic carbocycles. The highest BCUT2D eigenvalue weighted by molar-refractivity contribution is 8.76. The third kappa shape index (κ3) is 20.9. The number of nitrogens with two attached hydrogens (primary N) is 5. The Kier molecular flexibility index (Phi) is 25.1. The lowest BCUT2D eigenvalue weighted by atomic mass is 10.0. The van der Waals surface area contributed by atoms with E-state index in [1.165, 1.54) is 12.0 Å². The topological polar surface area (TPSA) is 427 Å². The van der Waals surface area contributed by atoms with Gasteiger partial charge in [-0.05, 0) is 61.8 Å². The number of aliphatic imine (C=N–C) groups is 1. The Labute approximate surface area is 446 Å². The average molecular weight is 1100 g/mol. The molecule has 2 aliphatic rings. The minimum absolute atomic E-state index is 0.0170. The van der Waals surface area contributed by atoms with Gasteiger partial charge in [0.1, 0.15) is 48.0 Å². The molecule has 0 bridgehead atoms. The monoisotopic (exact) mass is 1100 g/mol. The van der Waals surface area contributed by atoms with Crippen LogP contribution in [0.25, 0.3) is 0 Å². The van der Waals surface area contributed by atoms with E-state index in [1.807, 2.05) is 0 Å². The summed E-state index contributed by atoms with van der Waals surface area (Å²) in [6, 6.07) is 5.63. The molecule has 17 N–H and O–H groups in total. The van der Waals surface area contributed by atoms with Gasteiger partial charge in [0.25, 0.3) is 0 Å². The van der Waals surface area contributed by atoms with E-state index < -0.39 is 133 Å². The Morgan fingerprint density at radius 1 is 0.737 bits per heavy atom. The molecule has 2 fully saturated rings. The van der Waals surface area contributed by atoms with Crippen LogP contribution in [0.2, 0.25) is 0 Å². The van der Waals surface area contributed by atoms with Gasteiger partial charge in [-0.3, -0.25) is 57.7 Å².